The van der Waals surface area contributed by atoms with Crippen molar-refractivity contribution in [3.05, 3.63) is 41.3 Å². The van der Waals surface area contributed by atoms with Crippen molar-refractivity contribution in [3.8, 4) is 0 Å². The lowest BCUT2D eigenvalue weighted by Gasteiger charge is -2.31. The normalized spacial score (nSPS) is 16.4. The zero-order chi connectivity index (χ0) is 14.7. The van der Waals surface area contributed by atoms with Crippen LogP contribution in [0.3, 0.4) is 0 Å². The largest absolute Gasteiger partial charge is 0.337 e. The zero-order valence-electron chi connectivity index (χ0n) is 12.3. The Hall–Kier alpha value is -1.92. The fourth-order valence-electron chi connectivity index (χ4n) is 2.54. The van der Waals surface area contributed by atoms with Crippen molar-refractivity contribution >= 4 is 5.95 Å². The van der Waals surface area contributed by atoms with Gasteiger partial charge in [0.25, 0.3) is 5.95 Å². The topological polar surface area (TPSA) is 71.4 Å². The summed E-state index contributed by atoms with van der Waals surface area (Å²) in [6, 6.07) is 8.09. The molecule has 1 aliphatic rings. The van der Waals surface area contributed by atoms with Crippen LogP contribution in [0.2, 0.25) is 0 Å². The fourth-order valence-corrected chi connectivity index (χ4v) is 2.54. The van der Waals surface area contributed by atoms with Crippen LogP contribution < -0.4 is 10.6 Å². The summed E-state index contributed by atoms with van der Waals surface area (Å²) in [6.07, 6.45) is 0.633. The SMILES string of the molecule is CN1CCN(c2noc(Cc3ccccc3CN)n2)CC1. The Morgan fingerprint density at radius 1 is 1.14 bits per heavy atom. The molecule has 0 aliphatic carbocycles. The molecule has 1 aliphatic heterocycles. The molecule has 6 nitrogen and oxygen atoms in total. The molecule has 0 radical (unpaired) electrons. The second kappa shape index (κ2) is 6.24. The summed E-state index contributed by atoms with van der Waals surface area (Å²) in [5, 5.41) is 4.11. The summed E-state index contributed by atoms with van der Waals surface area (Å²) < 4.78 is 5.39. The highest BCUT2D eigenvalue weighted by atomic mass is 16.5. The highest BCUT2D eigenvalue weighted by Crippen LogP contribution is 2.16. The van der Waals surface area contributed by atoms with Gasteiger partial charge in [-0.25, -0.2) is 0 Å². The van der Waals surface area contributed by atoms with Crippen molar-refractivity contribution in [2.45, 2.75) is 13.0 Å². The molecule has 1 saturated heterocycles. The lowest BCUT2D eigenvalue weighted by Crippen LogP contribution is -2.44. The number of likely N-dealkylation sites (N-methyl/N-ethyl adjacent to an activating group) is 1. The molecule has 0 spiro atoms. The molecule has 6 heteroatoms. The van der Waals surface area contributed by atoms with Crippen molar-refractivity contribution in [1.82, 2.24) is 15.0 Å². The number of benzene rings is 1. The molecule has 0 bridgehead atoms. The number of hydrogen-bond acceptors (Lipinski definition) is 6. The molecule has 1 aromatic heterocycles. The first-order valence-corrected chi connectivity index (χ1v) is 7.29. The number of anilines is 1. The Bertz CT molecular complexity index is 589. The summed E-state index contributed by atoms with van der Waals surface area (Å²) in [7, 11) is 2.13. The third-order valence-corrected chi connectivity index (χ3v) is 3.92. The van der Waals surface area contributed by atoms with Gasteiger partial charge in [-0.15, -0.1) is 0 Å². The van der Waals surface area contributed by atoms with Gasteiger partial charge in [-0.2, -0.15) is 4.98 Å². The molecule has 0 atom stereocenters. The molecule has 1 fully saturated rings. The number of piperazine rings is 1. The minimum Gasteiger partial charge on any atom is -0.337 e. The van der Waals surface area contributed by atoms with Gasteiger partial charge < -0.3 is 20.1 Å². The van der Waals surface area contributed by atoms with Crippen LogP contribution >= 0.6 is 0 Å². The highest BCUT2D eigenvalue weighted by Gasteiger charge is 2.19. The molecule has 3 rings (SSSR count). The molecular weight excluding hydrogens is 266 g/mol. The second-order valence-corrected chi connectivity index (χ2v) is 5.43. The van der Waals surface area contributed by atoms with Crippen LogP contribution in [0, 0.1) is 0 Å². The number of rotatable bonds is 4. The van der Waals surface area contributed by atoms with Gasteiger partial charge in [0.1, 0.15) is 0 Å². The summed E-state index contributed by atoms with van der Waals surface area (Å²) in [5.74, 6) is 1.34. The average Bonchev–Trinajstić information content (AvgIpc) is 2.97. The van der Waals surface area contributed by atoms with Crippen LogP contribution in [-0.2, 0) is 13.0 Å². The van der Waals surface area contributed by atoms with E-state index in [-0.39, 0.29) is 0 Å². The minimum absolute atomic E-state index is 0.523. The fraction of sp³-hybridized carbons (Fsp3) is 0.467. The molecule has 2 aromatic rings. The van der Waals surface area contributed by atoms with Gasteiger partial charge in [0.05, 0.1) is 6.42 Å². The lowest BCUT2D eigenvalue weighted by molar-refractivity contribution is 0.308. The summed E-state index contributed by atoms with van der Waals surface area (Å²) in [5.41, 5.74) is 8.03. The van der Waals surface area contributed by atoms with Crippen molar-refractivity contribution in [2.24, 2.45) is 5.73 Å². The monoisotopic (exact) mass is 287 g/mol. The second-order valence-electron chi connectivity index (χ2n) is 5.43. The third kappa shape index (κ3) is 3.22. The summed E-state index contributed by atoms with van der Waals surface area (Å²) in [6.45, 7) is 4.46. The Balaban J connectivity index is 1.70. The van der Waals surface area contributed by atoms with Crippen LogP contribution in [0.25, 0.3) is 0 Å². The Kier molecular flexibility index (Phi) is 4.17. The van der Waals surface area contributed by atoms with E-state index in [1.807, 2.05) is 18.2 Å². The number of aromatic nitrogens is 2. The van der Waals surface area contributed by atoms with E-state index in [0.29, 0.717) is 24.8 Å². The molecule has 1 aromatic carbocycles. The van der Waals surface area contributed by atoms with Crippen molar-refractivity contribution in [1.29, 1.82) is 0 Å². The van der Waals surface area contributed by atoms with E-state index >= 15 is 0 Å². The molecular formula is C15H21N5O. The molecule has 0 amide bonds. The average molecular weight is 287 g/mol. The number of nitrogens with two attached hydrogens (primary N) is 1. The van der Waals surface area contributed by atoms with Crippen molar-refractivity contribution in [3.63, 3.8) is 0 Å². The Morgan fingerprint density at radius 3 is 2.57 bits per heavy atom. The van der Waals surface area contributed by atoms with E-state index < -0.39 is 0 Å². The quantitative estimate of drug-likeness (QED) is 0.899. The predicted molar refractivity (Wildman–Crippen MR) is 81.1 cm³/mol. The molecule has 0 unspecified atom stereocenters. The third-order valence-electron chi connectivity index (χ3n) is 3.92. The first-order valence-electron chi connectivity index (χ1n) is 7.29. The van der Waals surface area contributed by atoms with Crippen LogP contribution in [0.5, 0.6) is 0 Å². The highest BCUT2D eigenvalue weighted by molar-refractivity contribution is 5.32. The van der Waals surface area contributed by atoms with E-state index in [2.05, 4.69) is 33.1 Å². The van der Waals surface area contributed by atoms with Crippen molar-refractivity contribution < 1.29 is 4.52 Å². The predicted octanol–water partition coefficient (Wildman–Crippen LogP) is 0.871. The first-order chi connectivity index (χ1) is 10.3. The van der Waals surface area contributed by atoms with Crippen molar-refractivity contribution in [2.75, 3.05) is 38.1 Å². The van der Waals surface area contributed by atoms with Crippen LogP contribution in [-0.4, -0.2) is 48.3 Å². The van der Waals surface area contributed by atoms with Gasteiger partial charge in [-0.3, -0.25) is 0 Å². The zero-order valence-corrected chi connectivity index (χ0v) is 12.3. The molecule has 21 heavy (non-hydrogen) atoms. The summed E-state index contributed by atoms with van der Waals surface area (Å²) in [4.78, 5) is 8.99. The maximum atomic E-state index is 5.76. The first kappa shape index (κ1) is 14.0. The van der Waals surface area contributed by atoms with E-state index in [1.165, 1.54) is 0 Å². The maximum Gasteiger partial charge on any atom is 0.266 e. The minimum atomic E-state index is 0.523. The van der Waals surface area contributed by atoms with E-state index in [9.17, 15) is 0 Å². The van der Waals surface area contributed by atoms with E-state index in [4.69, 9.17) is 10.3 Å². The van der Waals surface area contributed by atoms with Crippen LogP contribution in [0.4, 0.5) is 5.95 Å². The molecule has 2 heterocycles. The summed E-state index contributed by atoms with van der Waals surface area (Å²) >= 11 is 0. The van der Waals surface area contributed by atoms with E-state index in [0.717, 1.165) is 37.3 Å². The van der Waals surface area contributed by atoms with Gasteiger partial charge in [0.2, 0.25) is 5.89 Å². The standard InChI is InChI=1S/C15H21N5O/c1-19-6-8-20(9-7-19)15-17-14(21-18-15)10-12-4-2-3-5-13(12)11-16/h2-5H,6-11,16H2,1H3. The van der Waals surface area contributed by atoms with Gasteiger partial charge in [0, 0.05) is 32.7 Å². The molecule has 0 saturated carbocycles. The lowest BCUT2D eigenvalue weighted by atomic mass is 10.0. The number of hydrogen-bond donors (Lipinski definition) is 1. The van der Waals surface area contributed by atoms with Crippen LogP contribution in [0.1, 0.15) is 17.0 Å². The van der Waals surface area contributed by atoms with Gasteiger partial charge in [0.15, 0.2) is 0 Å². The molecule has 2 N–H and O–H groups in total. The Morgan fingerprint density at radius 2 is 1.86 bits per heavy atom. The van der Waals surface area contributed by atoms with Gasteiger partial charge >= 0.3 is 0 Å². The van der Waals surface area contributed by atoms with Crippen LogP contribution in [0.15, 0.2) is 28.8 Å². The smallest absolute Gasteiger partial charge is 0.266 e. The number of nitrogens with zero attached hydrogens (tertiary/aromatic N) is 4. The maximum absolute atomic E-state index is 5.76. The molecule has 112 valence electrons. The van der Waals surface area contributed by atoms with Gasteiger partial charge in [-0.05, 0) is 23.3 Å². The van der Waals surface area contributed by atoms with Gasteiger partial charge in [-0.1, -0.05) is 24.3 Å². The van der Waals surface area contributed by atoms with E-state index in [1.54, 1.807) is 0 Å². The Labute approximate surface area is 124 Å².